The highest BCUT2D eigenvalue weighted by atomic mass is 19.1. The lowest BCUT2D eigenvalue weighted by molar-refractivity contribution is 0.561. The van der Waals surface area contributed by atoms with Gasteiger partial charge in [0.25, 0.3) is 0 Å². The quantitative estimate of drug-likeness (QED) is 0.865. The van der Waals surface area contributed by atoms with Crippen LogP contribution in [0.3, 0.4) is 0 Å². The zero-order valence-corrected chi connectivity index (χ0v) is 12.8. The lowest BCUT2D eigenvalue weighted by atomic mass is 10.1. The molecule has 3 heteroatoms. The maximum Gasteiger partial charge on any atom is 0.146 e. The van der Waals surface area contributed by atoms with E-state index in [0.29, 0.717) is 0 Å². The van der Waals surface area contributed by atoms with Gasteiger partial charge in [-0.2, -0.15) is 0 Å². The third kappa shape index (κ3) is 3.95. The summed E-state index contributed by atoms with van der Waals surface area (Å²) in [5.74, 6) is -0.0745. The smallest absolute Gasteiger partial charge is 0.146 e. The van der Waals surface area contributed by atoms with Gasteiger partial charge in [-0.3, -0.25) is 0 Å². The standard InChI is InChI=1S/C17H27FN2/c1-3-10-19-14(2)15-8-9-17(16(18)13-15)20-11-6-4-5-7-12-20/h8-9,13-14,19H,3-7,10-12H2,1-2H3/t14-/m1/s1. The third-order valence-corrected chi connectivity index (χ3v) is 4.12. The van der Waals surface area contributed by atoms with Crippen LogP contribution in [0.25, 0.3) is 0 Å². The van der Waals surface area contributed by atoms with E-state index in [9.17, 15) is 4.39 Å². The van der Waals surface area contributed by atoms with Gasteiger partial charge in [0.05, 0.1) is 5.69 Å². The number of benzene rings is 1. The van der Waals surface area contributed by atoms with E-state index >= 15 is 0 Å². The van der Waals surface area contributed by atoms with Crippen molar-refractivity contribution in [2.45, 2.75) is 52.0 Å². The van der Waals surface area contributed by atoms with E-state index in [1.165, 1.54) is 25.7 Å². The normalized spacial score (nSPS) is 17.9. The van der Waals surface area contributed by atoms with Crippen molar-refractivity contribution in [3.05, 3.63) is 29.6 Å². The number of rotatable bonds is 5. The Balaban J connectivity index is 2.08. The summed E-state index contributed by atoms with van der Waals surface area (Å²) in [4.78, 5) is 2.20. The van der Waals surface area contributed by atoms with E-state index in [1.807, 2.05) is 6.07 Å². The zero-order chi connectivity index (χ0) is 14.4. The molecule has 1 N–H and O–H groups in total. The van der Waals surface area contributed by atoms with Crippen LogP contribution in [0.2, 0.25) is 0 Å². The van der Waals surface area contributed by atoms with Crippen molar-refractivity contribution in [3.8, 4) is 0 Å². The van der Waals surface area contributed by atoms with Gasteiger partial charge in [-0.1, -0.05) is 25.8 Å². The molecule has 0 amide bonds. The van der Waals surface area contributed by atoms with Crippen molar-refractivity contribution in [2.75, 3.05) is 24.5 Å². The average molecular weight is 278 g/mol. The van der Waals surface area contributed by atoms with Gasteiger partial charge < -0.3 is 10.2 Å². The molecule has 1 saturated heterocycles. The Morgan fingerprint density at radius 3 is 2.50 bits per heavy atom. The molecule has 1 aliphatic heterocycles. The molecular formula is C17H27FN2. The van der Waals surface area contributed by atoms with E-state index < -0.39 is 0 Å². The minimum absolute atomic E-state index is 0.0745. The van der Waals surface area contributed by atoms with Crippen LogP contribution in [0.4, 0.5) is 10.1 Å². The van der Waals surface area contributed by atoms with Crippen LogP contribution >= 0.6 is 0 Å². The van der Waals surface area contributed by atoms with Gasteiger partial charge in [0.15, 0.2) is 0 Å². The highest BCUT2D eigenvalue weighted by molar-refractivity contribution is 5.49. The van der Waals surface area contributed by atoms with Crippen LogP contribution in [-0.2, 0) is 0 Å². The Morgan fingerprint density at radius 1 is 1.20 bits per heavy atom. The summed E-state index contributed by atoms with van der Waals surface area (Å²) in [5.41, 5.74) is 1.81. The molecule has 0 saturated carbocycles. The fourth-order valence-electron chi connectivity index (χ4n) is 2.84. The van der Waals surface area contributed by atoms with Crippen molar-refractivity contribution in [3.63, 3.8) is 0 Å². The van der Waals surface area contributed by atoms with Gasteiger partial charge in [0, 0.05) is 19.1 Å². The fourth-order valence-corrected chi connectivity index (χ4v) is 2.84. The number of nitrogens with zero attached hydrogens (tertiary/aromatic N) is 1. The molecular weight excluding hydrogens is 251 g/mol. The summed E-state index contributed by atoms with van der Waals surface area (Å²) < 4.78 is 14.4. The van der Waals surface area contributed by atoms with Gasteiger partial charge in [0.2, 0.25) is 0 Å². The average Bonchev–Trinajstić information content (AvgIpc) is 2.73. The SMILES string of the molecule is CCCN[C@H](C)c1ccc(N2CCCCCC2)c(F)c1. The molecule has 0 bridgehead atoms. The van der Waals surface area contributed by atoms with Crippen molar-refractivity contribution >= 4 is 5.69 Å². The zero-order valence-electron chi connectivity index (χ0n) is 12.8. The Bertz CT molecular complexity index is 411. The first kappa shape index (κ1) is 15.3. The number of hydrogen-bond acceptors (Lipinski definition) is 2. The topological polar surface area (TPSA) is 15.3 Å². The molecule has 0 radical (unpaired) electrons. The van der Waals surface area contributed by atoms with E-state index in [-0.39, 0.29) is 11.9 Å². The Kier molecular flexibility index (Phi) is 5.84. The highest BCUT2D eigenvalue weighted by Gasteiger charge is 2.15. The molecule has 0 aliphatic carbocycles. The Labute approximate surface area is 122 Å². The minimum atomic E-state index is -0.0745. The monoisotopic (exact) mass is 278 g/mol. The second-order valence-corrected chi connectivity index (χ2v) is 5.79. The number of anilines is 1. The number of nitrogens with one attached hydrogen (secondary N) is 1. The molecule has 1 aromatic carbocycles. The fraction of sp³-hybridized carbons (Fsp3) is 0.647. The van der Waals surface area contributed by atoms with E-state index in [4.69, 9.17) is 0 Å². The predicted molar refractivity (Wildman–Crippen MR) is 83.8 cm³/mol. The summed E-state index contributed by atoms with van der Waals surface area (Å²) in [6, 6.07) is 5.94. The van der Waals surface area contributed by atoms with Crippen LogP contribution in [0, 0.1) is 5.82 Å². The highest BCUT2D eigenvalue weighted by Crippen LogP contribution is 2.25. The van der Waals surface area contributed by atoms with Crippen LogP contribution in [0.15, 0.2) is 18.2 Å². The maximum atomic E-state index is 14.4. The van der Waals surface area contributed by atoms with Crippen molar-refractivity contribution in [1.82, 2.24) is 5.32 Å². The molecule has 0 spiro atoms. The summed E-state index contributed by atoms with van der Waals surface area (Å²) in [6.45, 7) is 7.18. The van der Waals surface area contributed by atoms with Crippen molar-refractivity contribution in [1.29, 1.82) is 0 Å². The number of hydrogen-bond donors (Lipinski definition) is 1. The molecule has 1 fully saturated rings. The summed E-state index contributed by atoms with van der Waals surface area (Å²) >= 11 is 0. The summed E-state index contributed by atoms with van der Waals surface area (Å²) in [5, 5.41) is 3.40. The van der Waals surface area contributed by atoms with E-state index in [1.54, 1.807) is 6.07 Å². The van der Waals surface area contributed by atoms with Gasteiger partial charge in [-0.05, 0) is 50.4 Å². The molecule has 2 nitrogen and oxygen atoms in total. The molecule has 1 heterocycles. The lowest BCUT2D eigenvalue weighted by Gasteiger charge is -2.24. The van der Waals surface area contributed by atoms with Crippen LogP contribution in [0.1, 0.15) is 57.6 Å². The van der Waals surface area contributed by atoms with Crippen molar-refractivity contribution in [2.24, 2.45) is 0 Å². The second kappa shape index (κ2) is 7.63. The van der Waals surface area contributed by atoms with Gasteiger partial charge in [-0.15, -0.1) is 0 Å². The molecule has 112 valence electrons. The van der Waals surface area contributed by atoms with Gasteiger partial charge in [-0.25, -0.2) is 4.39 Å². The van der Waals surface area contributed by atoms with E-state index in [0.717, 1.165) is 37.3 Å². The molecule has 0 aromatic heterocycles. The Hall–Kier alpha value is -1.09. The molecule has 2 rings (SSSR count). The predicted octanol–water partition coefficient (Wildman–Crippen LogP) is 4.27. The minimum Gasteiger partial charge on any atom is -0.369 e. The molecule has 1 aliphatic rings. The molecule has 20 heavy (non-hydrogen) atoms. The maximum absolute atomic E-state index is 14.4. The largest absolute Gasteiger partial charge is 0.369 e. The first-order valence-corrected chi connectivity index (χ1v) is 8.00. The summed E-state index contributed by atoms with van der Waals surface area (Å²) in [6.07, 6.45) is 5.99. The molecule has 0 unspecified atom stereocenters. The first-order valence-electron chi connectivity index (χ1n) is 8.00. The van der Waals surface area contributed by atoms with Crippen molar-refractivity contribution < 1.29 is 4.39 Å². The van der Waals surface area contributed by atoms with Crippen LogP contribution in [0.5, 0.6) is 0 Å². The van der Waals surface area contributed by atoms with Gasteiger partial charge >= 0.3 is 0 Å². The number of halogens is 1. The lowest BCUT2D eigenvalue weighted by Crippen LogP contribution is -2.25. The van der Waals surface area contributed by atoms with Gasteiger partial charge in [0.1, 0.15) is 5.82 Å². The first-order chi connectivity index (χ1) is 9.72. The molecule has 1 atom stereocenters. The van der Waals surface area contributed by atoms with Crippen LogP contribution in [-0.4, -0.2) is 19.6 Å². The van der Waals surface area contributed by atoms with E-state index in [2.05, 4.69) is 30.1 Å². The summed E-state index contributed by atoms with van der Waals surface area (Å²) in [7, 11) is 0. The Morgan fingerprint density at radius 2 is 1.90 bits per heavy atom. The third-order valence-electron chi connectivity index (χ3n) is 4.12. The second-order valence-electron chi connectivity index (χ2n) is 5.79. The molecule has 1 aromatic rings. The van der Waals surface area contributed by atoms with Crippen LogP contribution < -0.4 is 10.2 Å².